The van der Waals surface area contributed by atoms with E-state index in [1.54, 1.807) is 0 Å². The van der Waals surface area contributed by atoms with Gasteiger partial charge >= 0.3 is 0 Å². The van der Waals surface area contributed by atoms with Crippen molar-refractivity contribution < 1.29 is 4.74 Å². The van der Waals surface area contributed by atoms with Crippen molar-refractivity contribution in [1.29, 1.82) is 0 Å². The normalized spacial score (nSPS) is 17.6. The van der Waals surface area contributed by atoms with Crippen LogP contribution in [0.15, 0.2) is 90.7 Å². The van der Waals surface area contributed by atoms with Gasteiger partial charge in [0.25, 0.3) is 0 Å². The molecule has 3 aromatic rings. The van der Waals surface area contributed by atoms with Crippen molar-refractivity contribution in [3.8, 4) is 11.1 Å². The van der Waals surface area contributed by atoms with Crippen LogP contribution in [0.5, 0.6) is 0 Å². The van der Waals surface area contributed by atoms with Crippen LogP contribution in [0.4, 0.5) is 0 Å². The molecule has 0 aromatic heterocycles. The second kappa shape index (κ2) is 5.24. The number of hydrogen-bond donors (Lipinski definition) is 0. The van der Waals surface area contributed by atoms with Crippen molar-refractivity contribution in [2.24, 2.45) is 0 Å². The second-order valence-electron chi connectivity index (χ2n) is 6.14. The molecular weight excluding hydrogens is 292 g/mol. The van der Waals surface area contributed by atoms with Crippen LogP contribution >= 0.6 is 0 Å². The fraction of sp³-hybridized carbons (Fsp3) is 0.0435. The number of benzene rings is 3. The molecule has 1 aliphatic heterocycles. The highest BCUT2D eigenvalue weighted by atomic mass is 16.6. The molecular formula is C23H16O. The molecule has 1 atom stereocenters. The average molecular weight is 308 g/mol. The molecule has 114 valence electrons. The first-order valence-electron chi connectivity index (χ1n) is 8.25. The molecule has 0 radical (unpaired) electrons. The Balaban J connectivity index is 1.56. The van der Waals surface area contributed by atoms with Crippen LogP contribution in [0, 0.1) is 0 Å². The Morgan fingerprint density at radius 2 is 1.17 bits per heavy atom. The van der Waals surface area contributed by atoms with Crippen LogP contribution in [-0.2, 0) is 4.74 Å². The third kappa shape index (κ3) is 2.10. The van der Waals surface area contributed by atoms with Crippen LogP contribution in [0.3, 0.4) is 0 Å². The van der Waals surface area contributed by atoms with E-state index in [4.69, 9.17) is 4.74 Å². The van der Waals surface area contributed by atoms with Gasteiger partial charge < -0.3 is 4.74 Å². The number of epoxide rings is 1. The molecule has 24 heavy (non-hydrogen) atoms. The monoisotopic (exact) mass is 308 g/mol. The third-order valence-corrected chi connectivity index (χ3v) is 4.65. The molecule has 1 aliphatic carbocycles. The van der Waals surface area contributed by atoms with Crippen LogP contribution in [0.1, 0.15) is 16.7 Å². The zero-order valence-corrected chi connectivity index (χ0v) is 13.1. The molecule has 2 aliphatic rings. The highest BCUT2D eigenvalue weighted by molar-refractivity contribution is 6.02. The van der Waals surface area contributed by atoms with Crippen LogP contribution in [0.2, 0.25) is 0 Å². The van der Waals surface area contributed by atoms with E-state index in [1.807, 2.05) is 6.07 Å². The lowest BCUT2D eigenvalue weighted by Crippen LogP contribution is -1.83. The maximum Gasteiger partial charge on any atom is 0.174 e. The maximum atomic E-state index is 5.93. The predicted octanol–water partition coefficient (Wildman–Crippen LogP) is 5.54. The van der Waals surface area contributed by atoms with Crippen molar-refractivity contribution in [3.63, 3.8) is 0 Å². The summed E-state index contributed by atoms with van der Waals surface area (Å²) in [6, 6.07) is 27.5. The lowest BCUT2D eigenvalue weighted by atomic mass is 10.0. The van der Waals surface area contributed by atoms with Gasteiger partial charge in [0.15, 0.2) is 11.9 Å². The van der Waals surface area contributed by atoms with Gasteiger partial charge in [-0.25, -0.2) is 0 Å². The Bertz CT molecular complexity index is 932. The van der Waals surface area contributed by atoms with Gasteiger partial charge in [0.2, 0.25) is 0 Å². The zero-order valence-electron chi connectivity index (χ0n) is 13.1. The van der Waals surface area contributed by atoms with Crippen LogP contribution < -0.4 is 0 Å². The largest absolute Gasteiger partial charge is 0.478 e. The van der Waals surface area contributed by atoms with Crippen molar-refractivity contribution >= 4 is 11.6 Å². The fourth-order valence-corrected chi connectivity index (χ4v) is 3.48. The van der Waals surface area contributed by atoms with Gasteiger partial charge in [0, 0.05) is 5.57 Å². The molecule has 1 saturated heterocycles. The highest BCUT2D eigenvalue weighted by Crippen LogP contribution is 2.50. The summed E-state index contributed by atoms with van der Waals surface area (Å²) in [6.07, 6.45) is 4.35. The molecule has 5 rings (SSSR count). The Morgan fingerprint density at radius 1 is 0.625 bits per heavy atom. The Hall–Kier alpha value is -3.06. The van der Waals surface area contributed by atoms with E-state index in [2.05, 4.69) is 84.9 Å². The van der Waals surface area contributed by atoms with Gasteiger partial charge in [0.05, 0.1) is 0 Å². The predicted molar refractivity (Wildman–Crippen MR) is 98.2 cm³/mol. The molecule has 1 fully saturated rings. The molecule has 1 heteroatoms. The average Bonchev–Trinajstić information content (AvgIpc) is 3.34. The number of hydrogen-bond acceptors (Lipinski definition) is 1. The zero-order chi connectivity index (χ0) is 15.9. The molecule has 1 heterocycles. The Kier molecular flexibility index (Phi) is 2.92. The highest BCUT2D eigenvalue weighted by Gasteiger charge is 2.38. The standard InChI is InChI=1S/C23H16O/c1-2-8-16(9-3-1)14-15-21-23(24-21)22-19-12-6-4-10-17(19)18-11-5-7-13-20(18)22/h1-15,21H/b15-14+. The third-order valence-electron chi connectivity index (χ3n) is 4.65. The number of ether oxygens (including phenoxy) is 1. The summed E-state index contributed by atoms with van der Waals surface area (Å²) in [5, 5.41) is 0. The SMILES string of the molecule is C(=C\C1OC1=C1c2ccccc2-c2ccccc21)/c1ccccc1. The summed E-state index contributed by atoms with van der Waals surface area (Å²) < 4.78 is 5.93. The van der Waals surface area contributed by atoms with E-state index in [0.29, 0.717) is 0 Å². The van der Waals surface area contributed by atoms with Gasteiger partial charge in [-0.1, -0.05) is 84.9 Å². The minimum absolute atomic E-state index is 0.0828. The molecule has 0 amide bonds. The van der Waals surface area contributed by atoms with E-state index in [1.165, 1.54) is 33.4 Å². The summed E-state index contributed by atoms with van der Waals surface area (Å²) in [6.45, 7) is 0. The minimum Gasteiger partial charge on any atom is -0.478 e. The minimum atomic E-state index is 0.0828. The van der Waals surface area contributed by atoms with Crippen LogP contribution in [-0.4, -0.2) is 6.10 Å². The van der Waals surface area contributed by atoms with E-state index >= 15 is 0 Å². The molecule has 3 aromatic carbocycles. The summed E-state index contributed by atoms with van der Waals surface area (Å²) in [5.74, 6) is 1.08. The molecule has 0 bridgehead atoms. The van der Waals surface area contributed by atoms with Gasteiger partial charge in [0.1, 0.15) is 0 Å². The quantitative estimate of drug-likeness (QED) is 0.443. The lowest BCUT2D eigenvalue weighted by Gasteiger charge is -1.98. The first-order chi connectivity index (χ1) is 11.9. The van der Waals surface area contributed by atoms with Crippen molar-refractivity contribution in [2.75, 3.05) is 0 Å². The van der Waals surface area contributed by atoms with Gasteiger partial charge in [-0.05, 0) is 33.9 Å². The summed E-state index contributed by atoms with van der Waals surface area (Å²) in [4.78, 5) is 0. The Morgan fingerprint density at radius 3 is 1.79 bits per heavy atom. The molecule has 0 spiro atoms. The molecule has 1 unspecified atom stereocenters. The van der Waals surface area contributed by atoms with Crippen molar-refractivity contribution in [1.82, 2.24) is 0 Å². The maximum absolute atomic E-state index is 5.93. The van der Waals surface area contributed by atoms with Gasteiger partial charge in [-0.3, -0.25) is 0 Å². The van der Waals surface area contributed by atoms with Crippen molar-refractivity contribution in [2.45, 2.75) is 6.10 Å². The van der Waals surface area contributed by atoms with Crippen molar-refractivity contribution in [3.05, 3.63) is 107 Å². The molecule has 0 N–H and O–H groups in total. The second-order valence-corrected chi connectivity index (χ2v) is 6.14. The Labute approximate surface area is 141 Å². The summed E-state index contributed by atoms with van der Waals surface area (Å²) >= 11 is 0. The van der Waals surface area contributed by atoms with E-state index in [0.717, 1.165) is 5.76 Å². The van der Waals surface area contributed by atoms with Crippen LogP contribution in [0.25, 0.3) is 22.8 Å². The number of rotatable bonds is 2. The van der Waals surface area contributed by atoms with Gasteiger partial charge in [-0.2, -0.15) is 0 Å². The van der Waals surface area contributed by atoms with E-state index in [9.17, 15) is 0 Å². The van der Waals surface area contributed by atoms with Gasteiger partial charge in [-0.15, -0.1) is 0 Å². The summed E-state index contributed by atoms with van der Waals surface area (Å²) in [7, 11) is 0. The first kappa shape index (κ1) is 13.4. The smallest absolute Gasteiger partial charge is 0.174 e. The first-order valence-corrected chi connectivity index (χ1v) is 8.25. The number of fused-ring (bicyclic) bond motifs is 3. The fourth-order valence-electron chi connectivity index (χ4n) is 3.48. The molecule has 0 saturated carbocycles. The summed E-state index contributed by atoms with van der Waals surface area (Å²) in [5.41, 5.74) is 7.62. The lowest BCUT2D eigenvalue weighted by molar-refractivity contribution is 0.467. The van der Waals surface area contributed by atoms with E-state index < -0.39 is 0 Å². The van der Waals surface area contributed by atoms with E-state index in [-0.39, 0.29) is 6.10 Å². The topological polar surface area (TPSA) is 12.5 Å². The molecule has 1 nitrogen and oxygen atoms in total.